The van der Waals surface area contributed by atoms with E-state index in [4.69, 9.17) is 0 Å². The van der Waals surface area contributed by atoms with E-state index in [1.165, 1.54) is 56.1 Å². The molecule has 0 bridgehead atoms. The molecule has 0 fully saturated rings. The summed E-state index contributed by atoms with van der Waals surface area (Å²) in [7, 11) is 0. The van der Waals surface area contributed by atoms with Gasteiger partial charge in [-0.3, -0.25) is 0 Å². The summed E-state index contributed by atoms with van der Waals surface area (Å²) in [6.45, 7) is 4.72. The molecule has 20 heavy (non-hydrogen) atoms. The number of unbranched alkanes of at least 4 members (excludes halogenated alkanes) is 1. The molecular formula is C19H26O. The van der Waals surface area contributed by atoms with Gasteiger partial charge in [0.2, 0.25) is 0 Å². The third-order valence-electron chi connectivity index (χ3n) is 5.41. The molecule has 108 valence electrons. The lowest BCUT2D eigenvalue weighted by molar-refractivity contribution is 0.410. The van der Waals surface area contributed by atoms with Gasteiger partial charge in [-0.25, -0.2) is 0 Å². The molecule has 0 saturated carbocycles. The SMILES string of the molecule is CCCCC1=C2CCc3cc(O)ccc3C2(C)CCC1. The van der Waals surface area contributed by atoms with Crippen LogP contribution in [0.5, 0.6) is 5.75 Å². The van der Waals surface area contributed by atoms with E-state index in [1.807, 2.05) is 12.1 Å². The standard InChI is InChI=1S/C19H26O/c1-3-4-6-14-7-5-12-19(2)17(14)10-8-15-13-16(20)9-11-18(15)19/h9,11,13,20H,3-8,10,12H2,1-2H3. The smallest absolute Gasteiger partial charge is 0.115 e. The van der Waals surface area contributed by atoms with Crippen LogP contribution in [0.4, 0.5) is 0 Å². The Labute approximate surface area is 122 Å². The van der Waals surface area contributed by atoms with E-state index in [0.29, 0.717) is 5.75 Å². The van der Waals surface area contributed by atoms with E-state index in [9.17, 15) is 5.11 Å². The van der Waals surface area contributed by atoms with Crippen LogP contribution in [-0.4, -0.2) is 5.11 Å². The van der Waals surface area contributed by atoms with Crippen LogP contribution in [0.15, 0.2) is 29.3 Å². The van der Waals surface area contributed by atoms with E-state index in [0.717, 1.165) is 6.42 Å². The first-order chi connectivity index (χ1) is 9.65. The van der Waals surface area contributed by atoms with Gasteiger partial charge in [-0.15, -0.1) is 0 Å². The molecule has 1 unspecified atom stereocenters. The highest BCUT2D eigenvalue weighted by molar-refractivity contribution is 5.50. The number of aryl methyl sites for hydroxylation is 1. The van der Waals surface area contributed by atoms with Crippen LogP contribution in [0.1, 0.15) is 69.9 Å². The number of phenols is 1. The molecule has 0 heterocycles. The summed E-state index contributed by atoms with van der Waals surface area (Å²) in [5, 5.41) is 9.72. The van der Waals surface area contributed by atoms with Crippen molar-refractivity contribution >= 4 is 0 Å². The van der Waals surface area contributed by atoms with Gasteiger partial charge < -0.3 is 5.11 Å². The number of fused-ring (bicyclic) bond motifs is 3. The summed E-state index contributed by atoms with van der Waals surface area (Å²) < 4.78 is 0. The van der Waals surface area contributed by atoms with Crippen LogP contribution in [0.2, 0.25) is 0 Å². The predicted octanol–water partition coefficient (Wildman–Crippen LogP) is 5.27. The molecular weight excluding hydrogens is 244 g/mol. The zero-order chi connectivity index (χ0) is 14.2. The highest BCUT2D eigenvalue weighted by atomic mass is 16.3. The van der Waals surface area contributed by atoms with Crippen molar-refractivity contribution in [3.05, 3.63) is 40.5 Å². The van der Waals surface area contributed by atoms with Crippen molar-refractivity contribution in [1.29, 1.82) is 0 Å². The maximum atomic E-state index is 9.72. The van der Waals surface area contributed by atoms with Crippen molar-refractivity contribution in [2.24, 2.45) is 0 Å². The normalized spacial score (nSPS) is 25.3. The zero-order valence-electron chi connectivity index (χ0n) is 12.8. The Bertz CT molecular complexity index is 541. The van der Waals surface area contributed by atoms with E-state index < -0.39 is 0 Å². The Balaban J connectivity index is 2.04. The number of benzene rings is 1. The third-order valence-corrected chi connectivity index (χ3v) is 5.41. The number of allylic oxidation sites excluding steroid dienone is 2. The monoisotopic (exact) mass is 270 g/mol. The second kappa shape index (κ2) is 5.27. The van der Waals surface area contributed by atoms with Crippen molar-refractivity contribution in [2.75, 3.05) is 0 Å². The summed E-state index contributed by atoms with van der Waals surface area (Å²) in [4.78, 5) is 0. The number of phenolic OH excluding ortho intramolecular Hbond substituents is 1. The molecule has 0 amide bonds. The fourth-order valence-electron chi connectivity index (χ4n) is 4.35. The quantitative estimate of drug-likeness (QED) is 0.742. The molecule has 0 aromatic heterocycles. The van der Waals surface area contributed by atoms with Gasteiger partial charge in [0, 0.05) is 5.41 Å². The van der Waals surface area contributed by atoms with E-state index in [2.05, 4.69) is 19.9 Å². The Morgan fingerprint density at radius 1 is 1.20 bits per heavy atom. The van der Waals surface area contributed by atoms with Crippen molar-refractivity contribution < 1.29 is 5.11 Å². The maximum absolute atomic E-state index is 9.72. The lowest BCUT2D eigenvalue weighted by atomic mass is 9.61. The first kappa shape index (κ1) is 13.7. The van der Waals surface area contributed by atoms with Gasteiger partial charge in [-0.2, -0.15) is 0 Å². The van der Waals surface area contributed by atoms with Gasteiger partial charge in [-0.1, -0.05) is 37.5 Å². The van der Waals surface area contributed by atoms with E-state index >= 15 is 0 Å². The molecule has 1 aromatic rings. The lowest BCUT2D eigenvalue weighted by Gasteiger charge is -2.43. The third kappa shape index (κ3) is 2.17. The first-order valence-electron chi connectivity index (χ1n) is 8.19. The zero-order valence-corrected chi connectivity index (χ0v) is 12.8. The summed E-state index contributed by atoms with van der Waals surface area (Å²) in [5.41, 5.74) is 6.57. The van der Waals surface area contributed by atoms with Gasteiger partial charge >= 0.3 is 0 Å². The molecule has 0 saturated heterocycles. The summed E-state index contributed by atoms with van der Waals surface area (Å²) in [5.74, 6) is 0.418. The molecule has 2 aliphatic rings. The van der Waals surface area contributed by atoms with Crippen LogP contribution in [-0.2, 0) is 11.8 Å². The summed E-state index contributed by atoms with van der Waals surface area (Å²) >= 11 is 0. The first-order valence-corrected chi connectivity index (χ1v) is 8.19. The van der Waals surface area contributed by atoms with Crippen LogP contribution >= 0.6 is 0 Å². The Morgan fingerprint density at radius 2 is 2.05 bits per heavy atom. The molecule has 0 radical (unpaired) electrons. The minimum Gasteiger partial charge on any atom is -0.508 e. The van der Waals surface area contributed by atoms with Crippen molar-refractivity contribution in [3.63, 3.8) is 0 Å². The van der Waals surface area contributed by atoms with Crippen molar-refractivity contribution in [3.8, 4) is 5.75 Å². The van der Waals surface area contributed by atoms with Crippen molar-refractivity contribution in [1.82, 2.24) is 0 Å². The average Bonchev–Trinajstić information content (AvgIpc) is 2.44. The van der Waals surface area contributed by atoms with Crippen LogP contribution in [0, 0.1) is 0 Å². The molecule has 1 nitrogen and oxygen atoms in total. The molecule has 1 atom stereocenters. The van der Waals surface area contributed by atoms with Crippen molar-refractivity contribution in [2.45, 2.75) is 70.6 Å². The molecule has 0 spiro atoms. The Kier molecular flexibility index (Phi) is 3.62. The van der Waals surface area contributed by atoms with Gasteiger partial charge in [0.15, 0.2) is 0 Å². The second-order valence-corrected chi connectivity index (χ2v) is 6.71. The Morgan fingerprint density at radius 3 is 2.85 bits per heavy atom. The largest absolute Gasteiger partial charge is 0.508 e. The predicted molar refractivity (Wildman–Crippen MR) is 84.2 cm³/mol. The fourth-order valence-corrected chi connectivity index (χ4v) is 4.35. The number of hydrogen-bond donors (Lipinski definition) is 1. The molecule has 3 rings (SSSR count). The molecule has 1 aromatic carbocycles. The van der Waals surface area contributed by atoms with E-state index in [-0.39, 0.29) is 5.41 Å². The van der Waals surface area contributed by atoms with Crippen LogP contribution in [0.3, 0.4) is 0 Å². The molecule has 1 N–H and O–H groups in total. The topological polar surface area (TPSA) is 20.2 Å². The van der Waals surface area contributed by atoms with Gasteiger partial charge in [0.25, 0.3) is 0 Å². The summed E-state index contributed by atoms with van der Waals surface area (Å²) in [6, 6.07) is 6.03. The molecule has 1 heteroatoms. The molecule has 0 aliphatic heterocycles. The molecule has 2 aliphatic carbocycles. The minimum absolute atomic E-state index is 0.239. The van der Waals surface area contributed by atoms with Crippen LogP contribution < -0.4 is 0 Å². The number of rotatable bonds is 3. The minimum atomic E-state index is 0.239. The van der Waals surface area contributed by atoms with Gasteiger partial charge in [0.05, 0.1) is 0 Å². The fraction of sp³-hybridized carbons (Fsp3) is 0.579. The average molecular weight is 270 g/mol. The number of aromatic hydroxyl groups is 1. The highest BCUT2D eigenvalue weighted by Gasteiger charge is 2.39. The maximum Gasteiger partial charge on any atom is 0.115 e. The van der Waals surface area contributed by atoms with Gasteiger partial charge in [-0.05, 0) is 68.2 Å². The highest BCUT2D eigenvalue weighted by Crippen LogP contribution is 2.50. The van der Waals surface area contributed by atoms with Crippen LogP contribution in [0.25, 0.3) is 0 Å². The summed E-state index contributed by atoms with van der Waals surface area (Å²) in [6.07, 6.45) is 10.1. The second-order valence-electron chi connectivity index (χ2n) is 6.71. The Hall–Kier alpha value is -1.24. The lowest BCUT2D eigenvalue weighted by Crippen LogP contribution is -2.33. The van der Waals surface area contributed by atoms with Gasteiger partial charge in [0.1, 0.15) is 5.75 Å². The van der Waals surface area contributed by atoms with E-state index in [1.54, 1.807) is 11.1 Å². The number of hydrogen-bond acceptors (Lipinski definition) is 1.